The number of hydrogen-bond donors (Lipinski definition) is 2. The third-order valence-electron chi connectivity index (χ3n) is 4.10. The van der Waals surface area contributed by atoms with Gasteiger partial charge in [0.05, 0.1) is 6.04 Å². The summed E-state index contributed by atoms with van der Waals surface area (Å²) < 4.78 is 0. The number of hydrogen-bond acceptors (Lipinski definition) is 4. The minimum absolute atomic E-state index is 0.108. The van der Waals surface area contributed by atoms with Crippen LogP contribution in [0.2, 0.25) is 0 Å². The molecule has 1 unspecified atom stereocenters. The van der Waals surface area contributed by atoms with E-state index in [1.807, 2.05) is 30.3 Å². The molecule has 0 spiro atoms. The molecule has 23 heavy (non-hydrogen) atoms. The highest BCUT2D eigenvalue weighted by molar-refractivity contribution is 8.15. The second-order valence-electron chi connectivity index (χ2n) is 5.93. The van der Waals surface area contributed by atoms with E-state index in [0.29, 0.717) is 17.8 Å². The summed E-state index contributed by atoms with van der Waals surface area (Å²) in [6, 6.07) is 10.1. The van der Waals surface area contributed by atoms with E-state index < -0.39 is 0 Å². The van der Waals surface area contributed by atoms with Gasteiger partial charge < -0.3 is 10.6 Å². The van der Waals surface area contributed by atoms with Gasteiger partial charge in [-0.25, -0.2) is 0 Å². The molecule has 2 aliphatic rings. The maximum absolute atomic E-state index is 12.0. The first-order valence-electron chi connectivity index (χ1n) is 8.06. The van der Waals surface area contributed by atoms with E-state index in [2.05, 4.69) is 15.6 Å². The van der Waals surface area contributed by atoms with Gasteiger partial charge in [-0.3, -0.25) is 14.6 Å². The molecule has 1 aromatic carbocycles. The fourth-order valence-corrected chi connectivity index (χ4v) is 3.88. The van der Waals surface area contributed by atoms with Gasteiger partial charge in [0, 0.05) is 13.0 Å². The van der Waals surface area contributed by atoms with Crippen LogP contribution in [-0.4, -0.2) is 28.3 Å². The number of benzene rings is 1. The number of amidine groups is 1. The average Bonchev–Trinajstić information content (AvgIpc) is 3.17. The summed E-state index contributed by atoms with van der Waals surface area (Å²) in [6.45, 7) is 0.488. The second kappa shape index (κ2) is 7.64. The summed E-state index contributed by atoms with van der Waals surface area (Å²) in [5, 5.41) is 5.98. The molecule has 3 rings (SSSR count). The summed E-state index contributed by atoms with van der Waals surface area (Å²) in [4.78, 5) is 28.6. The van der Waals surface area contributed by atoms with E-state index in [1.54, 1.807) is 0 Å². The van der Waals surface area contributed by atoms with Crippen LogP contribution in [-0.2, 0) is 16.1 Å². The molecular formula is C17H21N3O2S. The zero-order valence-electron chi connectivity index (χ0n) is 13.0. The SMILES string of the molecule is O=C(CC1SC(=NC2CCCC2)NC1=O)NCc1ccccc1. The molecule has 1 aliphatic carbocycles. The minimum atomic E-state index is -0.370. The van der Waals surface area contributed by atoms with Crippen molar-refractivity contribution >= 4 is 28.7 Å². The van der Waals surface area contributed by atoms with Crippen molar-refractivity contribution in [1.82, 2.24) is 10.6 Å². The summed E-state index contributed by atoms with van der Waals surface area (Å²) >= 11 is 1.38. The number of rotatable bonds is 5. The van der Waals surface area contributed by atoms with Crippen LogP contribution in [0.5, 0.6) is 0 Å². The Kier molecular flexibility index (Phi) is 5.33. The maximum Gasteiger partial charge on any atom is 0.240 e. The first-order valence-corrected chi connectivity index (χ1v) is 8.94. The Hall–Kier alpha value is -1.82. The van der Waals surface area contributed by atoms with Crippen molar-refractivity contribution in [1.29, 1.82) is 0 Å². The van der Waals surface area contributed by atoms with Gasteiger partial charge in [0.15, 0.2) is 5.17 Å². The average molecular weight is 331 g/mol. The second-order valence-corrected chi connectivity index (χ2v) is 7.13. The lowest BCUT2D eigenvalue weighted by Gasteiger charge is -2.07. The molecule has 5 nitrogen and oxygen atoms in total. The van der Waals surface area contributed by atoms with Crippen LogP contribution < -0.4 is 10.6 Å². The van der Waals surface area contributed by atoms with Crippen molar-refractivity contribution in [3.8, 4) is 0 Å². The van der Waals surface area contributed by atoms with Gasteiger partial charge in [-0.1, -0.05) is 54.9 Å². The molecule has 0 bridgehead atoms. The monoisotopic (exact) mass is 331 g/mol. The van der Waals surface area contributed by atoms with Crippen LogP contribution in [0, 0.1) is 0 Å². The predicted octanol–water partition coefficient (Wildman–Crippen LogP) is 2.22. The molecule has 1 atom stereocenters. The Morgan fingerprint density at radius 2 is 2.00 bits per heavy atom. The van der Waals surface area contributed by atoms with Gasteiger partial charge in [-0.15, -0.1) is 0 Å². The number of carbonyl (C=O) groups is 2. The van der Waals surface area contributed by atoms with Crippen molar-refractivity contribution in [3.63, 3.8) is 0 Å². The predicted molar refractivity (Wildman–Crippen MR) is 92.1 cm³/mol. The Bertz CT molecular complexity index is 597. The van der Waals surface area contributed by atoms with Crippen molar-refractivity contribution in [2.24, 2.45) is 4.99 Å². The number of aliphatic imine (C=N–C) groups is 1. The Labute approximate surface area is 140 Å². The normalized spacial score (nSPS) is 23.2. The van der Waals surface area contributed by atoms with Gasteiger partial charge in [0.2, 0.25) is 11.8 Å². The first-order chi connectivity index (χ1) is 11.2. The van der Waals surface area contributed by atoms with Crippen molar-refractivity contribution in [2.75, 3.05) is 0 Å². The van der Waals surface area contributed by atoms with E-state index in [4.69, 9.17) is 0 Å². The fourth-order valence-electron chi connectivity index (χ4n) is 2.84. The van der Waals surface area contributed by atoms with E-state index in [-0.39, 0.29) is 23.5 Å². The smallest absolute Gasteiger partial charge is 0.240 e. The molecular weight excluding hydrogens is 310 g/mol. The molecule has 2 amide bonds. The third-order valence-corrected chi connectivity index (χ3v) is 5.20. The van der Waals surface area contributed by atoms with E-state index in [9.17, 15) is 9.59 Å². The van der Waals surface area contributed by atoms with E-state index >= 15 is 0 Å². The molecule has 1 aliphatic heterocycles. The molecule has 122 valence electrons. The van der Waals surface area contributed by atoms with Crippen LogP contribution in [0.4, 0.5) is 0 Å². The highest BCUT2D eigenvalue weighted by atomic mass is 32.2. The van der Waals surface area contributed by atoms with Gasteiger partial charge in [0.1, 0.15) is 5.25 Å². The fraction of sp³-hybridized carbons (Fsp3) is 0.471. The van der Waals surface area contributed by atoms with E-state index in [0.717, 1.165) is 18.4 Å². The summed E-state index contributed by atoms with van der Waals surface area (Å²) in [5.41, 5.74) is 1.05. The number of nitrogens with zero attached hydrogens (tertiary/aromatic N) is 1. The van der Waals surface area contributed by atoms with Crippen molar-refractivity contribution < 1.29 is 9.59 Å². The quantitative estimate of drug-likeness (QED) is 0.869. The number of carbonyl (C=O) groups excluding carboxylic acids is 2. The Balaban J connectivity index is 1.47. The maximum atomic E-state index is 12.0. The van der Waals surface area contributed by atoms with E-state index in [1.165, 1.54) is 24.6 Å². The van der Waals surface area contributed by atoms with Crippen LogP contribution in [0.15, 0.2) is 35.3 Å². The van der Waals surface area contributed by atoms with Gasteiger partial charge in [-0.2, -0.15) is 0 Å². The minimum Gasteiger partial charge on any atom is -0.352 e. The third kappa shape index (κ3) is 4.58. The van der Waals surface area contributed by atoms with Gasteiger partial charge >= 0.3 is 0 Å². The molecule has 0 radical (unpaired) electrons. The highest BCUT2D eigenvalue weighted by Gasteiger charge is 2.32. The van der Waals surface area contributed by atoms with Gasteiger partial charge in [-0.05, 0) is 18.4 Å². The number of amides is 2. The molecule has 2 N–H and O–H groups in total. The molecule has 1 aromatic rings. The van der Waals surface area contributed by atoms with Crippen molar-refractivity contribution in [2.45, 2.75) is 49.9 Å². The van der Waals surface area contributed by atoms with Crippen LogP contribution in [0.25, 0.3) is 0 Å². The Morgan fingerprint density at radius 1 is 1.26 bits per heavy atom. The lowest BCUT2D eigenvalue weighted by atomic mass is 10.2. The highest BCUT2D eigenvalue weighted by Crippen LogP contribution is 2.26. The van der Waals surface area contributed by atoms with Gasteiger partial charge in [0.25, 0.3) is 0 Å². The summed E-state index contributed by atoms with van der Waals surface area (Å²) in [6.07, 6.45) is 4.81. The zero-order valence-corrected chi connectivity index (χ0v) is 13.8. The molecule has 1 saturated carbocycles. The molecule has 6 heteroatoms. The standard InChI is InChI=1S/C17H21N3O2S/c21-15(18-11-12-6-2-1-3-7-12)10-14-16(22)20-17(23-14)19-13-8-4-5-9-13/h1-3,6-7,13-14H,4-5,8-11H2,(H,18,21)(H,19,20,22). The number of thioether (sulfide) groups is 1. The Morgan fingerprint density at radius 3 is 2.74 bits per heavy atom. The number of nitrogens with one attached hydrogen (secondary N) is 2. The first kappa shape index (κ1) is 16.1. The largest absolute Gasteiger partial charge is 0.352 e. The topological polar surface area (TPSA) is 70.6 Å². The molecule has 2 fully saturated rings. The van der Waals surface area contributed by atoms with Crippen LogP contribution >= 0.6 is 11.8 Å². The molecule has 0 aromatic heterocycles. The summed E-state index contributed by atoms with van der Waals surface area (Å²) in [5.74, 6) is -0.217. The van der Waals surface area contributed by atoms with Crippen LogP contribution in [0.1, 0.15) is 37.7 Å². The summed E-state index contributed by atoms with van der Waals surface area (Å²) in [7, 11) is 0. The van der Waals surface area contributed by atoms with Crippen LogP contribution in [0.3, 0.4) is 0 Å². The molecule has 1 heterocycles. The van der Waals surface area contributed by atoms with Crippen molar-refractivity contribution in [3.05, 3.63) is 35.9 Å². The zero-order chi connectivity index (χ0) is 16.1. The lowest BCUT2D eigenvalue weighted by molar-refractivity contribution is -0.125. The molecule has 1 saturated heterocycles. The lowest BCUT2D eigenvalue weighted by Crippen LogP contribution is -2.31.